The minimum absolute atomic E-state index is 0.0282. The predicted octanol–water partition coefficient (Wildman–Crippen LogP) is 7.11. The topological polar surface area (TPSA) is 165 Å². The van der Waals surface area contributed by atoms with Crippen LogP contribution in [0.15, 0.2) is 53.5 Å². The molecule has 1 fully saturated rings. The second kappa shape index (κ2) is 18.6. The van der Waals surface area contributed by atoms with Gasteiger partial charge in [0.2, 0.25) is 17.7 Å². The number of rotatable bonds is 16. The van der Waals surface area contributed by atoms with Crippen molar-refractivity contribution in [1.29, 1.82) is 0 Å². The Morgan fingerprint density at radius 2 is 1.62 bits per heavy atom. The largest absolute Gasteiger partial charge is 0.356 e. The summed E-state index contributed by atoms with van der Waals surface area (Å²) in [6.45, 7) is 7.36. The fourth-order valence-electron chi connectivity index (χ4n) is 7.79. The van der Waals surface area contributed by atoms with Crippen LogP contribution in [-0.4, -0.2) is 67.0 Å². The van der Waals surface area contributed by atoms with Crippen LogP contribution in [0.25, 0.3) is 15.9 Å². The fourth-order valence-corrected chi connectivity index (χ4v) is 9.13. The molecule has 1 saturated heterocycles. The third kappa shape index (κ3) is 9.23. The molecule has 5 aromatic rings. The number of unbranched alkanes of at least 4 members (excludes halogenated alkanes) is 5. The van der Waals surface area contributed by atoms with E-state index in [0.29, 0.717) is 56.0 Å². The maximum Gasteiger partial charge on any atom is 0.251 e. The first-order valence-corrected chi connectivity index (χ1v) is 21.5. The molecule has 2 aliphatic rings. The lowest BCUT2D eigenvalue weighted by molar-refractivity contribution is -0.131. The van der Waals surface area contributed by atoms with E-state index in [1.807, 2.05) is 55.5 Å². The number of hydrogen-bond donors (Lipinski definition) is 3. The van der Waals surface area contributed by atoms with Gasteiger partial charge in [-0.3, -0.25) is 38.7 Å². The molecule has 13 nitrogen and oxygen atoms in total. The molecule has 15 heteroatoms. The Bertz CT molecular complexity index is 2340. The second-order valence-corrected chi connectivity index (χ2v) is 16.8. The SMILES string of the molecule is Cc1sc2c(c1C)C(c1ccc(Cl)cc1)=N[C@@H](CC(=O)NCCCCCCCCNC(=O)CCc1nn(C3CCCC(=O)NC3=O)c3ccccc13)c1nnc(C)n1-2. The van der Waals surface area contributed by atoms with Crippen molar-refractivity contribution < 1.29 is 19.2 Å². The molecule has 4 amide bonds. The van der Waals surface area contributed by atoms with Gasteiger partial charge in [0, 0.05) is 58.8 Å². The standard InChI is InChI=1S/C43H50ClN9O4S/c1-26-27(2)58-43-39(26)40(29-17-19-30(44)20-18-29)47-33(41-50-49-28(3)52(41)43)25-38(56)46-24-11-7-5-4-6-10-23-45-36(54)22-21-32-31-13-8-9-14-34(31)53(51-32)35-15-12-16-37(55)48-42(35)57/h8-9,13-14,17-20,33,35H,4-7,10-12,15-16,21-25H2,1-3H3,(H,45,54)(H,46,56)(H,48,55,57)/t33-,35?/m0/s1. The van der Waals surface area contributed by atoms with E-state index in [1.165, 1.54) is 4.88 Å². The van der Waals surface area contributed by atoms with Crippen LogP contribution in [0.4, 0.5) is 0 Å². The highest BCUT2D eigenvalue weighted by atomic mass is 35.5. The number of thiophene rings is 1. The van der Waals surface area contributed by atoms with E-state index in [-0.39, 0.29) is 30.0 Å². The summed E-state index contributed by atoms with van der Waals surface area (Å²) >= 11 is 7.92. The normalized spacial score (nSPS) is 16.6. The van der Waals surface area contributed by atoms with Gasteiger partial charge in [-0.25, -0.2) is 0 Å². The Morgan fingerprint density at radius 3 is 2.38 bits per heavy atom. The average molecular weight is 824 g/mol. The molecular weight excluding hydrogens is 774 g/mol. The minimum Gasteiger partial charge on any atom is -0.356 e. The number of fused-ring (bicyclic) bond motifs is 4. The first kappa shape index (κ1) is 41.0. The van der Waals surface area contributed by atoms with Crippen LogP contribution in [-0.2, 0) is 25.6 Å². The molecule has 2 atom stereocenters. The van der Waals surface area contributed by atoms with Crippen LogP contribution in [0.2, 0.25) is 5.02 Å². The fraction of sp³-hybridized carbons (Fsp3) is 0.442. The van der Waals surface area contributed by atoms with Gasteiger partial charge in [-0.1, -0.05) is 67.6 Å². The van der Waals surface area contributed by atoms with Gasteiger partial charge < -0.3 is 10.6 Å². The number of carbonyl (C=O) groups is 4. The smallest absolute Gasteiger partial charge is 0.251 e. The first-order chi connectivity index (χ1) is 28.1. The lowest BCUT2D eigenvalue weighted by Gasteiger charge is -2.14. The van der Waals surface area contributed by atoms with Gasteiger partial charge in [0.1, 0.15) is 22.9 Å². The van der Waals surface area contributed by atoms with Gasteiger partial charge in [-0.15, -0.1) is 21.5 Å². The number of carbonyl (C=O) groups excluding carboxylic acids is 4. The zero-order chi connectivity index (χ0) is 40.8. The molecule has 1 unspecified atom stereocenters. The van der Waals surface area contributed by atoms with Crippen molar-refractivity contribution in [2.24, 2.45) is 4.99 Å². The quantitative estimate of drug-likeness (QED) is 0.0705. The number of hydrogen-bond acceptors (Lipinski definition) is 9. The van der Waals surface area contributed by atoms with Crippen molar-refractivity contribution in [3.63, 3.8) is 0 Å². The third-order valence-electron chi connectivity index (χ3n) is 11.0. The van der Waals surface area contributed by atoms with Gasteiger partial charge in [0.05, 0.1) is 23.3 Å². The molecule has 3 N–H and O–H groups in total. The van der Waals surface area contributed by atoms with Crippen LogP contribution < -0.4 is 16.0 Å². The molecule has 58 heavy (non-hydrogen) atoms. The summed E-state index contributed by atoms with van der Waals surface area (Å²) in [6, 6.07) is 14.3. The maximum absolute atomic E-state index is 13.3. The lowest BCUT2D eigenvalue weighted by atomic mass is 9.99. The van der Waals surface area contributed by atoms with Crippen molar-refractivity contribution in [3.8, 4) is 5.00 Å². The van der Waals surface area contributed by atoms with Gasteiger partial charge >= 0.3 is 0 Å². The zero-order valence-corrected chi connectivity index (χ0v) is 34.8. The molecular formula is C43H50ClN9O4S. The lowest BCUT2D eigenvalue weighted by Crippen LogP contribution is -2.34. The van der Waals surface area contributed by atoms with Crippen molar-refractivity contribution in [1.82, 2.24) is 40.5 Å². The molecule has 0 radical (unpaired) electrons. The van der Waals surface area contributed by atoms with E-state index in [9.17, 15) is 19.2 Å². The summed E-state index contributed by atoms with van der Waals surface area (Å²) in [6.07, 6.45) is 8.27. The molecule has 304 valence electrons. The number of nitrogens with zero attached hydrogens (tertiary/aromatic N) is 6. The Kier molecular flexibility index (Phi) is 13.1. The molecule has 2 aliphatic heterocycles. The van der Waals surface area contributed by atoms with Crippen molar-refractivity contribution in [2.75, 3.05) is 13.1 Å². The van der Waals surface area contributed by atoms with E-state index in [0.717, 1.165) is 88.3 Å². The van der Waals surface area contributed by atoms with Crippen molar-refractivity contribution in [3.05, 3.63) is 92.5 Å². The number of para-hydroxylation sites is 1. The number of benzene rings is 2. The van der Waals surface area contributed by atoms with Gasteiger partial charge in [0.25, 0.3) is 5.91 Å². The number of aromatic nitrogens is 5. The van der Waals surface area contributed by atoms with Gasteiger partial charge in [-0.05, 0) is 70.2 Å². The van der Waals surface area contributed by atoms with Crippen molar-refractivity contribution in [2.45, 2.75) is 110 Å². The molecule has 2 aromatic carbocycles. The maximum atomic E-state index is 13.3. The Hall–Kier alpha value is -5.21. The number of aliphatic imine (C=N–C) groups is 1. The van der Waals surface area contributed by atoms with E-state index in [4.69, 9.17) is 21.7 Å². The van der Waals surface area contributed by atoms with E-state index in [2.05, 4.69) is 44.6 Å². The molecule has 3 aromatic heterocycles. The molecule has 0 spiro atoms. The van der Waals surface area contributed by atoms with Crippen molar-refractivity contribution >= 4 is 63.2 Å². The molecule has 5 heterocycles. The highest BCUT2D eigenvalue weighted by Gasteiger charge is 2.33. The van der Waals surface area contributed by atoms with Gasteiger partial charge in [0.15, 0.2) is 5.82 Å². The summed E-state index contributed by atoms with van der Waals surface area (Å²) in [5, 5.41) is 24.8. The number of imide groups is 1. The average Bonchev–Trinajstić information content (AvgIpc) is 3.79. The van der Waals surface area contributed by atoms with Crippen LogP contribution in [0.5, 0.6) is 0 Å². The van der Waals surface area contributed by atoms with Crippen LogP contribution >= 0.6 is 22.9 Å². The van der Waals surface area contributed by atoms with E-state index < -0.39 is 12.1 Å². The summed E-state index contributed by atoms with van der Waals surface area (Å²) < 4.78 is 3.77. The molecule has 7 rings (SSSR count). The Balaban J connectivity index is 0.820. The summed E-state index contributed by atoms with van der Waals surface area (Å²) in [5.74, 6) is 0.735. The summed E-state index contributed by atoms with van der Waals surface area (Å²) in [5.41, 5.74) is 5.56. The zero-order valence-electron chi connectivity index (χ0n) is 33.3. The highest BCUT2D eigenvalue weighted by molar-refractivity contribution is 7.15. The van der Waals surface area contributed by atoms with Gasteiger partial charge in [-0.2, -0.15) is 5.10 Å². The van der Waals surface area contributed by atoms with E-state index >= 15 is 0 Å². The molecule has 0 bridgehead atoms. The number of aryl methyl sites for hydroxylation is 3. The summed E-state index contributed by atoms with van der Waals surface area (Å²) in [4.78, 5) is 57.0. The minimum atomic E-state index is -0.557. The second-order valence-electron chi connectivity index (χ2n) is 15.2. The third-order valence-corrected chi connectivity index (χ3v) is 12.4. The van der Waals surface area contributed by atoms with Crippen LogP contribution in [0.3, 0.4) is 0 Å². The summed E-state index contributed by atoms with van der Waals surface area (Å²) in [7, 11) is 0. The van der Waals surface area contributed by atoms with Crippen LogP contribution in [0, 0.1) is 20.8 Å². The molecule has 0 aliphatic carbocycles. The molecule has 0 saturated carbocycles. The highest BCUT2D eigenvalue weighted by Crippen LogP contribution is 2.39. The number of halogens is 1. The number of amides is 4. The van der Waals surface area contributed by atoms with Crippen LogP contribution in [0.1, 0.15) is 122 Å². The Labute approximate surface area is 347 Å². The number of nitrogens with one attached hydrogen (secondary N) is 3. The van der Waals surface area contributed by atoms with E-state index in [1.54, 1.807) is 16.0 Å². The monoisotopic (exact) mass is 823 g/mol. The predicted molar refractivity (Wildman–Crippen MR) is 226 cm³/mol. The first-order valence-electron chi connectivity index (χ1n) is 20.3. The Morgan fingerprint density at radius 1 is 0.914 bits per heavy atom.